The summed E-state index contributed by atoms with van der Waals surface area (Å²) < 4.78 is 3.47. The minimum Gasteiger partial charge on any atom is -0.308 e. The molecule has 2 aromatic rings. The summed E-state index contributed by atoms with van der Waals surface area (Å²) in [5.74, 6) is 6.63. The van der Waals surface area contributed by atoms with Crippen molar-refractivity contribution in [3.05, 3.63) is 10.6 Å². The summed E-state index contributed by atoms with van der Waals surface area (Å²) in [4.78, 5) is 1.27. The number of nitrogens with two attached hydrogens (primary N) is 2. The van der Waals surface area contributed by atoms with E-state index in [2.05, 4.69) is 24.6 Å². The Kier molecular flexibility index (Phi) is 1.80. The van der Waals surface area contributed by atoms with Gasteiger partial charge in [-0.1, -0.05) is 11.3 Å². The van der Waals surface area contributed by atoms with Crippen LogP contribution in [0.3, 0.4) is 0 Å². The average Bonchev–Trinajstić information content (AvgIpc) is 2.67. The molecule has 1 aliphatic rings. The molecule has 0 unspecified atom stereocenters. The predicted octanol–water partition coefficient (Wildman–Crippen LogP) is 0.230. The van der Waals surface area contributed by atoms with E-state index in [-0.39, 0.29) is 0 Å². The molecule has 0 saturated carbocycles. The lowest BCUT2D eigenvalue weighted by molar-refractivity contribution is -0.638. The lowest BCUT2D eigenvalue weighted by atomic mass is 10.4. The van der Waals surface area contributed by atoms with Gasteiger partial charge in [0.2, 0.25) is 5.00 Å². The van der Waals surface area contributed by atoms with E-state index in [9.17, 15) is 0 Å². The van der Waals surface area contributed by atoms with E-state index in [1.807, 2.05) is 4.68 Å². The molecule has 0 saturated heterocycles. The van der Waals surface area contributed by atoms with Crippen LogP contribution in [0.1, 0.15) is 10.6 Å². The Bertz CT molecular complexity index is 532. The van der Waals surface area contributed by atoms with Gasteiger partial charge >= 0.3 is 10.3 Å². The van der Waals surface area contributed by atoms with Crippen LogP contribution < -0.4 is 31.7 Å². The van der Waals surface area contributed by atoms with Crippen molar-refractivity contribution in [3.8, 4) is 0 Å². The zero-order chi connectivity index (χ0) is 11.4. The van der Waals surface area contributed by atoms with Crippen LogP contribution in [0.25, 0.3) is 0 Å². The largest absolute Gasteiger partial charge is 0.337 e. The molecular weight excluding hydrogens is 244 g/mol. The first-order valence-electron chi connectivity index (χ1n) is 4.73. The molecule has 0 aromatic carbocycles. The maximum absolute atomic E-state index is 5.82. The van der Waals surface area contributed by atoms with Crippen LogP contribution in [0.5, 0.6) is 0 Å². The van der Waals surface area contributed by atoms with Crippen molar-refractivity contribution in [2.45, 2.75) is 13.8 Å². The summed E-state index contributed by atoms with van der Waals surface area (Å²) in [7, 11) is 0. The van der Waals surface area contributed by atoms with E-state index in [4.69, 9.17) is 11.6 Å². The molecule has 16 heavy (non-hydrogen) atoms. The standard InChI is InChI=1S/C8H10N6S2/c1-3-4(2)15-8-11-5-6(12-14(3)8)16-7(9)13(5)10/h9,12H,10H2,1-2H3/p+2. The smallest absolute Gasteiger partial charge is 0.308 e. The van der Waals surface area contributed by atoms with Gasteiger partial charge < -0.3 is 5.73 Å². The number of rotatable bonds is 0. The van der Waals surface area contributed by atoms with E-state index in [0.29, 0.717) is 5.13 Å². The summed E-state index contributed by atoms with van der Waals surface area (Å²) in [5.41, 5.74) is 10.2. The average molecular weight is 256 g/mol. The molecule has 84 valence electrons. The molecule has 2 aromatic heterocycles. The van der Waals surface area contributed by atoms with E-state index in [1.165, 1.54) is 26.6 Å². The molecule has 3 rings (SSSR count). The minimum atomic E-state index is 0.565. The number of hydrogen-bond donors (Lipinski definition) is 4. The third-order valence-electron chi connectivity index (χ3n) is 2.64. The summed E-state index contributed by atoms with van der Waals surface area (Å²) in [5, 5.41) is 5.79. The molecule has 0 bridgehead atoms. The third kappa shape index (κ3) is 1.11. The van der Waals surface area contributed by atoms with E-state index < -0.39 is 0 Å². The minimum absolute atomic E-state index is 0.565. The number of hydrogen-bond acceptors (Lipinski definition) is 6. The number of nitrogens with one attached hydrogen (secondary N) is 2. The van der Waals surface area contributed by atoms with Crippen LogP contribution in [0, 0.1) is 13.8 Å². The number of nitrogen functional groups attached to an aromatic ring is 2. The topological polar surface area (TPSA) is 83.9 Å². The first-order chi connectivity index (χ1) is 7.58. The van der Waals surface area contributed by atoms with Gasteiger partial charge in [0, 0.05) is 6.92 Å². The number of aryl methyl sites for hydroxylation is 1. The quantitative estimate of drug-likeness (QED) is 0.343. The second kappa shape index (κ2) is 2.98. The highest BCUT2D eigenvalue weighted by molar-refractivity contribution is 7.19. The number of anilines is 4. The monoisotopic (exact) mass is 256 g/mol. The lowest BCUT2D eigenvalue weighted by Gasteiger charge is -2.10. The van der Waals surface area contributed by atoms with Crippen molar-refractivity contribution in [2.24, 2.45) is 0 Å². The van der Waals surface area contributed by atoms with Crippen molar-refractivity contribution >= 4 is 43.8 Å². The van der Waals surface area contributed by atoms with Crippen molar-refractivity contribution in [1.82, 2.24) is 0 Å². The van der Waals surface area contributed by atoms with E-state index in [0.717, 1.165) is 16.0 Å². The number of aromatic nitrogens is 2. The van der Waals surface area contributed by atoms with Crippen LogP contribution in [0.2, 0.25) is 0 Å². The van der Waals surface area contributed by atoms with Crippen LogP contribution in [-0.4, -0.2) is 0 Å². The predicted molar refractivity (Wildman–Crippen MR) is 65.4 cm³/mol. The summed E-state index contributed by atoms with van der Waals surface area (Å²) in [6, 6.07) is 0. The molecule has 8 heteroatoms. The van der Waals surface area contributed by atoms with Crippen LogP contribution in [0.4, 0.5) is 21.1 Å². The fourth-order valence-electron chi connectivity index (χ4n) is 1.61. The van der Waals surface area contributed by atoms with Crippen molar-refractivity contribution in [2.75, 3.05) is 22.3 Å². The van der Waals surface area contributed by atoms with Crippen LogP contribution >= 0.6 is 22.7 Å². The number of fused-ring (bicyclic) bond motifs is 2. The maximum atomic E-state index is 5.82. The fraction of sp³-hybridized carbons (Fsp3) is 0.250. The molecule has 1 aliphatic heterocycles. The van der Waals surface area contributed by atoms with Gasteiger partial charge in [-0.2, -0.15) is 0 Å². The van der Waals surface area contributed by atoms with Gasteiger partial charge in [0.05, 0.1) is 4.88 Å². The Hall–Kier alpha value is -1.54. The van der Waals surface area contributed by atoms with E-state index in [1.54, 1.807) is 11.3 Å². The lowest BCUT2D eigenvalue weighted by Crippen LogP contribution is -2.52. The van der Waals surface area contributed by atoms with Gasteiger partial charge in [-0.25, -0.2) is 10.7 Å². The molecule has 0 atom stereocenters. The van der Waals surface area contributed by atoms with Crippen molar-refractivity contribution in [3.63, 3.8) is 0 Å². The highest BCUT2D eigenvalue weighted by atomic mass is 32.1. The zero-order valence-electron chi connectivity index (χ0n) is 8.87. The normalized spacial score (nSPS) is 12.6. The van der Waals surface area contributed by atoms with Gasteiger partial charge in [-0.15, -0.1) is 9.35 Å². The van der Waals surface area contributed by atoms with Crippen LogP contribution in [0.15, 0.2) is 0 Å². The molecule has 6 nitrogen and oxygen atoms in total. The molecule has 6 N–H and O–H groups in total. The Morgan fingerprint density at radius 2 is 2.00 bits per heavy atom. The first-order valence-corrected chi connectivity index (χ1v) is 6.36. The Morgan fingerprint density at radius 3 is 2.75 bits per heavy atom. The Balaban J connectivity index is 2.16. The molecule has 0 fully saturated rings. The van der Waals surface area contributed by atoms with Crippen molar-refractivity contribution < 1.29 is 9.35 Å². The molecule has 0 amide bonds. The third-order valence-corrected chi connectivity index (χ3v) is 4.61. The Labute approximate surface area is 100 Å². The molecule has 3 heterocycles. The summed E-state index contributed by atoms with van der Waals surface area (Å²) in [6.07, 6.45) is 0. The first kappa shape index (κ1) is 9.67. The highest BCUT2D eigenvalue weighted by Crippen LogP contribution is 2.34. The van der Waals surface area contributed by atoms with Gasteiger partial charge in [-0.3, -0.25) is 5.84 Å². The van der Waals surface area contributed by atoms with Gasteiger partial charge in [-0.05, 0) is 18.3 Å². The molecule has 0 radical (unpaired) electrons. The van der Waals surface area contributed by atoms with Crippen LogP contribution in [-0.2, 0) is 0 Å². The Morgan fingerprint density at radius 1 is 1.25 bits per heavy atom. The summed E-state index contributed by atoms with van der Waals surface area (Å²) in [6.45, 7) is 4.16. The summed E-state index contributed by atoms with van der Waals surface area (Å²) >= 11 is 3.11. The number of thiazole rings is 2. The van der Waals surface area contributed by atoms with Gasteiger partial charge in [0.25, 0.3) is 5.82 Å². The fourth-order valence-corrected chi connectivity index (χ4v) is 3.34. The highest BCUT2D eigenvalue weighted by Gasteiger charge is 2.32. The molecule has 0 aliphatic carbocycles. The maximum Gasteiger partial charge on any atom is 0.337 e. The van der Waals surface area contributed by atoms with Gasteiger partial charge in [0.15, 0.2) is 0 Å². The van der Waals surface area contributed by atoms with Gasteiger partial charge in [0.1, 0.15) is 5.69 Å². The second-order valence-electron chi connectivity index (χ2n) is 3.61. The van der Waals surface area contributed by atoms with Crippen molar-refractivity contribution in [1.29, 1.82) is 0 Å². The number of nitrogens with zero attached hydrogens (tertiary/aromatic N) is 2. The SMILES string of the molecule is Cc1sc2[n+](c1C)Nc1sc(N)[n+](N)c1N2. The molecular formula is C8H12N6S2+2. The van der Waals surface area contributed by atoms with E-state index >= 15 is 0 Å². The second-order valence-corrected chi connectivity index (χ2v) is 5.84. The molecule has 0 spiro atoms. The zero-order valence-corrected chi connectivity index (χ0v) is 10.5.